The standard InChI is InChI=1S/C60H41N3/c1-60(2)55-20-8-6-16-46(55)47-31-30-44(34-56(47)60)62(41-24-22-39(23-25-41)38-12-4-3-5-13-38)42-26-28-43(29-27-42)63-57-21-9-7-17-48(57)53-35-51-50-19-11-15-40-14-10-18-49(59(40)50)45-32-33-61-37-54(45)52(51)36-58(53)63/h3-37H,1-2H3. The van der Waals surface area contributed by atoms with Gasteiger partial charge in [0.2, 0.25) is 0 Å². The molecule has 2 aromatic heterocycles. The van der Waals surface area contributed by atoms with Gasteiger partial charge in [0.05, 0.1) is 11.0 Å². The summed E-state index contributed by atoms with van der Waals surface area (Å²) >= 11 is 0. The van der Waals surface area contributed by atoms with Crippen molar-refractivity contribution in [1.29, 1.82) is 0 Å². The first-order chi connectivity index (χ1) is 31.0. The molecule has 2 aliphatic carbocycles. The van der Waals surface area contributed by atoms with Gasteiger partial charge in [0.1, 0.15) is 0 Å². The molecule has 296 valence electrons. The highest BCUT2D eigenvalue weighted by Gasteiger charge is 2.36. The predicted octanol–water partition coefficient (Wildman–Crippen LogP) is 16.1. The zero-order valence-electron chi connectivity index (χ0n) is 35.0. The minimum atomic E-state index is -0.116. The first-order valence-corrected chi connectivity index (χ1v) is 21.9. The number of pyridine rings is 1. The molecule has 3 heteroatoms. The summed E-state index contributed by atoms with van der Waals surface area (Å²) in [5.41, 5.74) is 21.8. The van der Waals surface area contributed by atoms with Gasteiger partial charge in [-0.25, -0.2) is 0 Å². The van der Waals surface area contributed by atoms with E-state index in [0.717, 1.165) is 28.3 Å². The van der Waals surface area contributed by atoms with E-state index in [1.807, 2.05) is 12.4 Å². The molecule has 9 aromatic carbocycles. The maximum Gasteiger partial charge on any atom is 0.0547 e. The lowest BCUT2D eigenvalue weighted by Crippen LogP contribution is -2.16. The number of para-hydroxylation sites is 1. The number of fused-ring (bicyclic) bond motifs is 11. The molecule has 11 aromatic rings. The molecule has 0 bridgehead atoms. The van der Waals surface area contributed by atoms with Crippen molar-refractivity contribution in [2.24, 2.45) is 0 Å². The van der Waals surface area contributed by atoms with Gasteiger partial charge in [0, 0.05) is 56.9 Å². The van der Waals surface area contributed by atoms with E-state index >= 15 is 0 Å². The fourth-order valence-corrected chi connectivity index (χ4v) is 10.8. The number of nitrogens with zero attached hydrogens (tertiary/aromatic N) is 3. The highest BCUT2D eigenvalue weighted by atomic mass is 15.1. The van der Waals surface area contributed by atoms with Crippen LogP contribution in [-0.4, -0.2) is 9.55 Å². The maximum atomic E-state index is 4.69. The number of aromatic nitrogens is 2. The summed E-state index contributed by atoms with van der Waals surface area (Å²) in [6.07, 6.45) is 3.97. The topological polar surface area (TPSA) is 21.1 Å². The molecular formula is C60H41N3. The lowest BCUT2D eigenvalue weighted by Gasteiger charge is -2.28. The summed E-state index contributed by atoms with van der Waals surface area (Å²) in [7, 11) is 0. The summed E-state index contributed by atoms with van der Waals surface area (Å²) < 4.78 is 2.44. The van der Waals surface area contributed by atoms with Crippen molar-refractivity contribution >= 4 is 49.6 Å². The summed E-state index contributed by atoms with van der Waals surface area (Å²) in [5, 5.41) is 5.01. The number of benzene rings is 9. The van der Waals surface area contributed by atoms with Crippen LogP contribution in [0.5, 0.6) is 0 Å². The highest BCUT2D eigenvalue weighted by Crippen LogP contribution is 2.52. The van der Waals surface area contributed by atoms with Gasteiger partial charge in [-0.15, -0.1) is 0 Å². The Labute approximate surface area is 366 Å². The monoisotopic (exact) mass is 803 g/mol. The third kappa shape index (κ3) is 5.30. The Morgan fingerprint density at radius 1 is 0.413 bits per heavy atom. The molecule has 3 nitrogen and oxygen atoms in total. The number of anilines is 3. The number of hydrogen-bond acceptors (Lipinski definition) is 2. The van der Waals surface area contributed by atoms with Gasteiger partial charge >= 0.3 is 0 Å². The quantitative estimate of drug-likeness (QED) is 0.173. The zero-order valence-corrected chi connectivity index (χ0v) is 35.0. The normalized spacial score (nSPS) is 13.0. The molecule has 0 N–H and O–H groups in total. The highest BCUT2D eigenvalue weighted by molar-refractivity contribution is 6.18. The Morgan fingerprint density at radius 2 is 1.05 bits per heavy atom. The molecule has 0 atom stereocenters. The average molecular weight is 804 g/mol. The van der Waals surface area contributed by atoms with E-state index in [4.69, 9.17) is 4.98 Å². The first-order valence-electron chi connectivity index (χ1n) is 21.9. The smallest absolute Gasteiger partial charge is 0.0547 e. The van der Waals surface area contributed by atoms with Crippen molar-refractivity contribution in [2.75, 3.05) is 4.90 Å². The van der Waals surface area contributed by atoms with Gasteiger partial charge in [0.15, 0.2) is 0 Å². The van der Waals surface area contributed by atoms with Crippen LogP contribution in [0.25, 0.3) is 93.9 Å². The van der Waals surface area contributed by atoms with E-state index in [-0.39, 0.29) is 5.41 Å². The Bertz CT molecular complexity index is 3630. The van der Waals surface area contributed by atoms with Crippen molar-refractivity contribution < 1.29 is 0 Å². The Kier molecular flexibility index (Phi) is 7.65. The molecule has 0 radical (unpaired) electrons. The van der Waals surface area contributed by atoms with Gasteiger partial charge in [0.25, 0.3) is 0 Å². The first kappa shape index (κ1) is 35.7. The predicted molar refractivity (Wildman–Crippen MR) is 264 cm³/mol. The largest absolute Gasteiger partial charge is 0.310 e. The molecule has 63 heavy (non-hydrogen) atoms. The van der Waals surface area contributed by atoms with Gasteiger partial charge < -0.3 is 9.47 Å². The van der Waals surface area contributed by atoms with Gasteiger partial charge in [-0.05, 0) is 145 Å². The Balaban J connectivity index is 0.983. The van der Waals surface area contributed by atoms with Crippen LogP contribution in [0.3, 0.4) is 0 Å². The van der Waals surface area contributed by atoms with Crippen LogP contribution in [0.15, 0.2) is 213 Å². The minimum absolute atomic E-state index is 0.116. The van der Waals surface area contributed by atoms with E-state index in [1.54, 1.807) is 0 Å². The molecule has 0 aliphatic heterocycles. The Hall–Kier alpha value is -8.01. The van der Waals surface area contributed by atoms with Crippen molar-refractivity contribution in [2.45, 2.75) is 19.3 Å². The second-order valence-corrected chi connectivity index (χ2v) is 17.6. The molecule has 0 saturated carbocycles. The van der Waals surface area contributed by atoms with Crippen LogP contribution in [0.4, 0.5) is 17.1 Å². The summed E-state index contributed by atoms with van der Waals surface area (Å²) in [6.45, 7) is 4.71. The molecule has 2 aliphatic rings. The lowest BCUT2D eigenvalue weighted by atomic mass is 9.82. The van der Waals surface area contributed by atoms with Crippen LogP contribution in [0.2, 0.25) is 0 Å². The van der Waals surface area contributed by atoms with E-state index in [1.165, 1.54) is 93.8 Å². The van der Waals surface area contributed by atoms with Crippen LogP contribution >= 0.6 is 0 Å². The fraction of sp³-hybridized carbons (Fsp3) is 0.0500. The summed E-state index contributed by atoms with van der Waals surface area (Å²) in [5.74, 6) is 0. The van der Waals surface area contributed by atoms with Crippen molar-refractivity contribution in [3.05, 3.63) is 224 Å². The maximum absolute atomic E-state index is 4.69. The van der Waals surface area contributed by atoms with Gasteiger partial charge in [-0.2, -0.15) is 0 Å². The average Bonchev–Trinajstić information content (AvgIpc) is 3.74. The molecule has 0 spiro atoms. The molecule has 13 rings (SSSR count). The zero-order chi connectivity index (χ0) is 41.8. The molecule has 0 fully saturated rings. The lowest BCUT2D eigenvalue weighted by molar-refractivity contribution is 0.660. The number of rotatable bonds is 5. The molecule has 0 saturated heterocycles. The summed E-state index contributed by atoms with van der Waals surface area (Å²) in [4.78, 5) is 7.10. The Morgan fingerprint density at radius 3 is 1.86 bits per heavy atom. The van der Waals surface area contributed by atoms with Gasteiger partial charge in [-0.1, -0.05) is 141 Å². The van der Waals surface area contributed by atoms with Crippen molar-refractivity contribution in [3.8, 4) is 61.3 Å². The molecular weight excluding hydrogens is 763 g/mol. The fourth-order valence-electron chi connectivity index (χ4n) is 10.8. The van der Waals surface area contributed by atoms with E-state index in [0.29, 0.717) is 0 Å². The van der Waals surface area contributed by atoms with Crippen LogP contribution in [0.1, 0.15) is 25.0 Å². The molecule has 0 unspecified atom stereocenters. The van der Waals surface area contributed by atoms with E-state index in [2.05, 4.69) is 224 Å². The van der Waals surface area contributed by atoms with E-state index in [9.17, 15) is 0 Å². The minimum Gasteiger partial charge on any atom is -0.310 e. The third-order valence-corrected chi connectivity index (χ3v) is 13.8. The number of hydrogen-bond donors (Lipinski definition) is 0. The van der Waals surface area contributed by atoms with Crippen LogP contribution in [-0.2, 0) is 5.41 Å². The molecule has 2 heterocycles. The summed E-state index contributed by atoms with van der Waals surface area (Å²) in [6, 6.07) is 73.9. The van der Waals surface area contributed by atoms with Crippen LogP contribution in [0, 0.1) is 0 Å². The second kappa shape index (κ2) is 13.5. The SMILES string of the molecule is CC1(C)c2ccccc2-c2ccc(N(c3ccc(-c4ccccc4)cc3)c3ccc(-n4c5ccccc5c5cc6c(cc54)-c4cnccc4-c4cccc5cccc-6c45)cc3)cc21. The van der Waals surface area contributed by atoms with Crippen LogP contribution < -0.4 is 4.90 Å². The third-order valence-electron chi connectivity index (χ3n) is 13.8. The van der Waals surface area contributed by atoms with Crippen molar-refractivity contribution in [1.82, 2.24) is 9.55 Å². The second-order valence-electron chi connectivity index (χ2n) is 17.6. The van der Waals surface area contributed by atoms with Crippen molar-refractivity contribution in [3.63, 3.8) is 0 Å². The van der Waals surface area contributed by atoms with E-state index < -0.39 is 0 Å². The van der Waals surface area contributed by atoms with Gasteiger partial charge in [-0.3, -0.25) is 4.98 Å². The molecule has 0 amide bonds.